The van der Waals surface area contributed by atoms with Crippen molar-refractivity contribution in [1.82, 2.24) is 14.8 Å². The van der Waals surface area contributed by atoms with Gasteiger partial charge < -0.3 is 19.3 Å². The number of pyridine rings is 1. The van der Waals surface area contributed by atoms with E-state index in [1.807, 2.05) is 30.9 Å². The van der Waals surface area contributed by atoms with Crippen molar-refractivity contribution >= 4 is 5.91 Å². The second-order valence-corrected chi connectivity index (χ2v) is 6.37. The normalized spacial score (nSPS) is 18.0. The van der Waals surface area contributed by atoms with Gasteiger partial charge in [-0.2, -0.15) is 4.98 Å². The van der Waals surface area contributed by atoms with Gasteiger partial charge in [-0.05, 0) is 39.7 Å². The maximum atomic E-state index is 12.5. The number of nitrogens with zero attached hydrogens (tertiary/aromatic N) is 3. The number of aromatic nitrogens is 1. The van der Waals surface area contributed by atoms with Crippen LogP contribution in [0.1, 0.15) is 33.1 Å². The summed E-state index contributed by atoms with van der Waals surface area (Å²) < 4.78 is 10.8. The molecule has 1 aromatic heterocycles. The number of ether oxygens (including phenoxy) is 2. The lowest BCUT2D eigenvalue weighted by Crippen LogP contribution is -2.45. The van der Waals surface area contributed by atoms with E-state index in [1.165, 1.54) is 0 Å². The van der Waals surface area contributed by atoms with Gasteiger partial charge >= 0.3 is 0 Å². The summed E-state index contributed by atoms with van der Waals surface area (Å²) in [7, 11) is 1.60. The van der Waals surface area contributed by atoms with E-state index in [-0.39, 0.29) is 5.92 Å². The standard InChI is InChI=1S/C19H31N3O3/c1-4-22(5-2)19(23)16-9-7-12-21(15-16)13-8-14-25-18-11-6-10-17(20-18)24-3/h6,10-11,16H,4-5,7-9,12-15H2,1-3H3. The molecule has 1 aliphatic heterocycles. The Balaban J connectivity index is 1.72. The molecule has 0 bridgehead atoms. The molecular weight excluding hydrogens is 318 g/mol. The van der Waals surface area contributed by atoms with E-state index in [9.17, 15) is 4.79 Å². The molecule has 2 heterocycles. The number of likely N-dealkylation sites (tertiary alicyclic amines) is 1. The molecule has 1 saturated heterocycles. The highest BCUT2D eigenvalue weighted by molar-refractivity contribution is 5.79. The van der Waals surface area contributed by atoms with Crippen molar-refractivity contribution in [2.24, 2.45) is 5.92 Å². The fourth-order valence-electron chi connectivity index (χ4n) is 3.31. The Kier molecular flexibility index (Phi) is 7.98. The van der Waals surface area contributed by atoms with Crippen LogP contribution in [0.2, 0.25) is 0 Å². The highest BCUT2D eigenvalue weighted by Crippen LogP contribution is 2.19. The quantitative estimate of drug-likeness (QED) is 0.641. The van der Waals surface area contributed by atoms with E-state index < -0.39 is 0 Å². The van der Waals surface area contributed by atoms with Crippen LogP contribution in [0, 0.1) is 5.92 Å². The molecule has 0 aliphatic carbocycles. The van der Waals surface area contributed by atoms with Crippen LogP contribution in [-0.4, -0.2) is 67.1 Å². The molecule has 1 unspecified atom stereocenters. The Hall–Kier alpha value is -1.82. The minimum Gasteiger partial charge on any atom is -0.481 e. The van der Waals surface area contributed by atoms with E-state index >= 15 is 0 Å². The van der Waals surface area contributed by atoms with Gasteiger partial charge in [0.2, 0.25) is 17.7 Å². The number of rotatable bonds is 9. The summed E-state index contributed by atoms with van der Waals surface area (Å²) in [5, 5.41) is 0. The van der Waals surface area contributed by atoms with Gasteiger partial charge in [0.05, 0.1) is 19.6 Å². The summed E-state index contributed by atoms with van der Waals surface area (Å²) >= 11 is 0. The zero-order valence-electron chi connectivity index (χ0n) is 15.7. The smallest absolute Gasteiger partial charge is 0.226 e. The third kappa shape index (κ3) is 5.88. The molecule has 1 aliphatic rings. The second-order valence-electron chi connectivity index (χ2n) is 6.37. The number of carbonyl (C=O) groups is 1. The summed E-state index contributed by atoms with van der Waals surface area (Å²) in [4.78, 5) is 21.1. The number of hydrogen-bond acceptors (Lipinski definition) is 5. The second kappa shape index (κ2) is 10.2. The molecule has 1 fully saturated rings. The molecule has 6 nitrogen and oxygen atoms in total. The van der Waals surface area contributed by atoms with Crippen molar-refractivity contribution in [1.29, 1.82) is 0 Å². The largest absolute Gasteiger partial charge is 0.481 e. The first-order valence-electron chi connectivity index (χ1n) is 9.32. The molecule has 0 aromatic carbocycles. The van der Waals surface area contributed by atoms with Crippen LogP contribution in [0.25, 0.3) is 0 Å². The number of methoxy groups -OCH3 is 1. The molecular formula is C19H31N3O3. The van der Waals surface area contributed by atoms with Gasteiger partial charge in [0.25, 0.3) is 0 Å². The van der Waals surface area contributed by atoms with Crippen LogP contribution in [0.4, 0.5) is 0 Å². The topological polar surface area (TPSA) is 54.9 Å². The van der Waals surface area contributed by atoms with Crippen molar-refractivity contribution in [3.05, 3.63) is 18.2 Å². The Bertz CT molecular complexity index is 534. The van der Waals surface area contributed by atoms with E-state index in [2.05, 4.69) is 9.88 Å². The van der Waals surface area contributed by atoms with Gasteiger partial charge in [-0.3, -0.25) is 4.79 Å². The van der Waals surface area contributed by atoms with E-state index in [4.69, 9.17) is 9.47 Å². The van der Waals surface area contributed by atoms with Crippen LogP contribution in [-0.2, 0) is 4.79 Å². The maximum absolute atomic E-state index is 12.5. The van der Waals surface area contributed by atoms with E-state index in [1.54, 1.807) is 13.2 Å². The molecule has 140 valence electrons. The first-order chi connectivity index (χ1) is 12.2. The molecule has 0 N–H and O–H groups in total. The van der Waals surface area contributed by atoms with Gasteiger partial charge in [-0.25, -0.2) is 0 Å². The Morgan fingerprint density at radius 1 is 1.32 bits per heavy atom. The van der Waals surface area contributed by atoms with Gasteiger partial charge in [-0.1, -0.05) is 6.07 Å². The highest BCUT2D eigenvalue weighted by atomic mass is 16.5. The average Bonchev–Trinajstić information content (AvgIpc) is 2.66. The number of hydrogen-bond donors (Lipinski definition) is 0. The molecule has 6 heteroatoms. The molecule has 2 rings (SSSR count). The summed E-state index contributed by atoms with van der Waals surface area (Å²) in [6, 6.07) is 5.51. The molecule has 25 heavy (non-hydrogen) atoms. The fraction of sp³-hybridized carbons (Fsp3) is 0.684. The zero-order chi connectivity index (χ0) is 18.1. The van der Waals surface area contributed by atoms with Crippen LogP contribution in [0.3, 0.4) is 0 Å². The van der Waals surface area contributed by atoms with Gasteiger partial charge in [0, 0.05) is 38.3 Å². The molecule has 1 atom stereocenters. The minimum absolute atomic E-state index is 0.148. The molecule has 0 spiro atoms. The van der Waals surface area contributed by atoms with Crippen LogP contribution >= 0.6 is 0 Å². The number of amides is 1. The van der Waals surface area contributed by atoms with Crippen LogP contribution < -0.4 is 9.47 Å². The Labute approximate surface area is 151 Å². The summed E-state index contributed by atoms with van der Waals surface area (Å²) in [6.07, 6.45) is 3.02. The molecule has 1 amide bonds. The van der Waals surface area contributed by atoms with Crippen molar-refractivity contribution in [2.75, 3.05) is 46.4 Å². The van der Waals surface area contributed by atoms with Gasteiger partial charge in [-0.15, -0.1) is 0 Å². The average molecular weight is 349 g/mol. The first-order valence-corrected chi connectivity index (χ1v) is 9.32. The summed E-state index contributed by atoms with van der Waals surface area (Å²) in [5.41, 5.74) is 0. The van der Waals surface area contributed by atoms with E-state index in [0.717, 1.165) is 52.0 Å². The Morgan fingerprint density at radius 2 is 2.08 bits per heavy atom. The molecule has 0 saturated carbocycles. The highest BCUT2D eigenvalue weighted by Gasteiger charge is 2.27. The zero-order valence-corrected chi connectivity index (χ0v) is 15.7. The fourth-order valence-corrected chi connectivity index (χ4v) is 3.31. The first kappa shape index (κ1) is 19.5. The molecule has 1 aromatic rings. The van der Waals surface area contributed by atoms with Gasteiger partial charge in [0.1, 0.15) is 0 Å². The number of piperidine rings is 1. The van der Waals surface area contributed by atoms with Crippen molar-refractivity contribution in [3.8, 4) is 11.8 Å². The summed E-state index contributed by atoms with van der Waals surface area (Å²) in [6.45, 7) is 9.20. The summed E-state index contributed by atoms with van der Waals surface area (Å²) in [5.74, 6) is 1.61. The van der Waals surface area contributed by atoms with Crippen LogP contribution in [0.5, 0.6) is 11.8 Å². The van der Waals surface area contributed by atoms with E-state index in [0.29, 0.717) is 24.3 Å². The van der Waals surface area contributed by atoms with Crippen molar-refractivity contribution < 1.29 is 14.3 Å². The monoisotopic (exact) mass is 349 g/mol. The molecule has 0 radical (unpaired) electrons. The lowest BCUT2D eigenvalue weighted by molar-refractivity contribution is -0.137. The van der Waals surface area contributed by atoms with Crippen molar-refractivity contribution in [3.63, 3.8) is 0 Å². The lowest BCUT2D eigenvalue weighted by Gasteiger charge is -2.34. The third-order valence-electron chi connectivity index (χ3n) is 4.71. The predicted molar refractivity (Wildman–Crippen MR) is 98.0 cm³/mol. The third-order valence-corrected chi connectivity index (χ3v) is 4.71. The van der Waals surface area contributed by atoms with Gasteiger partial charge in [0.15, 0.2) is 0 Å². The SMILES string of the molecule is CCN(CC)C(=O)C1CCCN(CCCOc2cccc(OC)n2)C1. The van der Waals surface area contributed by atoms with Crippen molar-refractivity contribution in [2.45, 2.75) is 33.1 Å². The number of carbonyl (C=O) groups excluding carboxylic acids is 1. The van der Waals surface area contributed by atoms with Crippen LogP contribution in [0.15, 0.2) is 18.2 Å². The minimum atomic E-state index is 0.148. The Morgan fingerprint density at radius 3 is 2.80 bits per heavy atom. The maximum Gasteiger partial charge on any atom is 0.226 e. The lowest BCUT2D eigenvalue weighted by atomic mass is 9.96. The predicted octanol–water partition coefficient (Wildman–Crippen LogP) is 2.44.